The second kappa shape index (κ2) is 17.7. The van der Waals surface area contributed by atoms with E-state index in [1.54, 1.807) is 6.07 Å². The first kappa shape index (κ1) is 37.0. The minimum absolute atomic E-state index is 0.0212. The lowest BCUT2D eigenvalue weighted by Crippen LogP contribution is -2.58. The summed E-state index contributed by atoms with van der Waals surface area (Å²) in [6, 6.07) is 41.2. The van der Waals surface area contributed by atoms with E-state index in [1.807, 2.05) is 121 Å². The van der Waals surface area contributed by atoms with Crippen LogP contribution >= 0.6 is 0 Å². The molecule has 5 aromatic carbocycles. The molecular weight excluding hydrogens is 684 g/mol. The first-order valence-corrected chi connectivity index (χ1v) is 18.1. The molecule has 6 aromatic rings. The monoisotopic (exact) mass is 728 g/mol. The van der Waals surface area contributed by atoms with Gasteiger partial charge < -0.3 is 37.9 Å². The van der Waals surface area contributed by atoms with Crippen molar-refractivity contribution in [3.63, 3.8) is 0 Å². The van der Waals surface area contributed by atoms with Gasteiger partial charge in [0.15, 0.2) is 5.78 Å². The van der Waals surface area contributed by atoms with Crippen LogP contribution in [0.2, 0.25) is 0 Å². The summed E-state index contributed by atoms with van der Waals surface area (Å²) < 4.78 is 45.6. The molecule has 1 aromatic heterocycles. The van der Waals surface area contributed by atoms with Gasteiger partial charge in [-0.2, -0.15) is 0 Å². The molecular formula is C45H44O9. The molecule has 1 fully saturated rings. The summed E-state index contributed by atoms with van der Waals surface area (Å²) in [5, 5.41) is 12.6. The highest BCUT2D eigenvalue weighted by atomic mass is 16.6. The maximum Gasteiger partial charge on any atom is 0.167 e. The van der Waals surface area contributed by atoms with Crippen molar-refractivity contribution in [1.29, 1.82) is 0 Å². The van der Waals surface area contributed by atoms with Crippen LogP contribution in [0.1, 0.15) is 51.2 Å². The summed E-state index contributed by atoms with van der Waals surface area (Å²) >= 11 is 0. The van der Waals surface area contributed by atoms with Crippen molar-refractivity contribution < 1.29 is 42.7 Å². The van der Waals surface area contributed by atoms with Gasteiger partial charge in [0.2, 0.25) is 0 Å². The Kier molecular flexibility index (Phi) is 12.1. The SMILES string of the molecule is COc1c(C(C)=O)c(O)c([C@@H]2O[C@H](COCc3ccccc3)[C@@H](OCc3ccccc3)[C@H](OCc3ccccc3)[C@H]2OCc2ccccc2)c2occc12. The lowest BCUT2D eigenvalue weighted by Gasteiger charge is -2.46. The number of phenolic OH excluding ortho intramolecular Hbond substituents is 1. The zero-order valence-corrected chi connectivity index (χ0v) is 30.3. The van der Waals surface area contributed by atoms with E-state index in [0.717, 1.165) is 22.3 Å². The van der Waals surface area contributed by atoms with Gasteiger partial charge in [-0.15, -0.1) is 0 Å². The predicted molar refractivity (Wildman–Crippen MR) is 203 cm³/mol. The number of carbonyl (C=O) groups excluding carboxylic acids is 1. The fourth-order valence-electron chi connectivity index (χ4n) is 7.01. The molecule has 0 aliphatic carbocycles. The molecule has 9 heteroatoms. The lowest BCUT2D eigenvalue weighted by atomic mass is 9.87. The molecule has 1 aliphatic heterocycles. The van der Waals surface area contributed by atoms with Crippen molar-refractivity contribution in [1.82, 2.24) is 0 Å². The number of carbonyl (C=O) groups is 1. The van der Waals surface area contributed by atoms with Gasteiger partial charge in [-0.25, -0.2) is 0 Å². The number of ether oxygens (including phenoxy) is 6. The third-order valence-electron chi connectivity index (χ3n) is 9.60. The topological polar surface area (TPSA) is 106 Å². The molecule has 1 saturated heterocycles. The van der Waals surface area contributed by atoms with E-state index >= 15 is 0 Å². The maximum absolute atomic E-state index is 13.2. The van der Waals surface area contributed by atoms with Crippen LogP contribution in [-0.2, 0) is 50.1 Å². The maximum atomic E-state index is 13.2. The number of fused-ring (bicyclic) bond motifs is 1. The van der Waals surface area contributed by atoms with E-state index < -0.39 is 30.5 Å². The number of methoxy groups -OCH3 is 1. The summed E-state index contributed by atoms with van der Waals surface area (Å²) in [6.07, 6.45) is -2.54. The molecule has 2 heterocycles. The summed E-state index contributed by atoms with van der Waals surface area (Å²) in [5.74, 6) is -0.474. The largest absolute Gasteiger partial charge is 0.507 e. The van der Waals surface area contributed by atoms with Crippen LogP contribution < -0.4 is 4.74 Å². The first-order chi connectivity index (χ1) is 26.5. The fraction of sp³-hybridized carbons (Fsp3) is 0.267. The number of rotatable bonds is 16. The second-order valence-electron chi connectivity index (χ2n) is 13.3. The molecule has 0 saturated carbocycles. The number of ketones is 1. The van der Waals surface area contributed by atoms with Crippen LogP contribution in [0.25, 0.3) is 11.0 Å². The highest BCUT2D eigenvalue weighted by Crippen LogP contribution is 2.49. The van der Waals surface area contributed by atoms with Crippen LogP contribution in [0, 0.1) is 0 Å². The molecule has 278 valence electrons. The van der Waals surface area contributed by atoms with Gasteiger partial charge in [0, 0.05) is 0 Å². The molecule has 7 rings (SSSR count). The molecule has 54 heavy (non-hydrogen) atoms. The summed E-state index contributed by atoms with van der Waals surface area (Å²) in [6.45, 7) is 2.57. The standard InChI is InChI=1S/C45H44O9/c1-30(46)37-39(47)38(41-35(23-24-50-41)40(37)48-2)43-45(53-28-34-21-13-6-14-22-34)44(52-27-33-19-11-5-12-20-33)42(51-26-32-17-9-4-10-18-32)36(54-43)29-49-25-31-15-7-3-8-16-31/h3-24,36,42-45,47H,25-29H2,1-2H3/t36-,42-,43+,44+,45+/m1/s1. The molecule has 1 N–H and O–H groups in total. The Morgan fingerprint density at radius 3 is 1.63 bits per heavy atom. The Hall–Kier alpha value is -5.29. The van der Waals surface area contributed by atoms with Crippen molar-refractivity contribution >= 4 is 16.8 Å². The number of phenols is 1. The van der Waals surface area contributed by atoms with Gasteiger partial charge in [-0.3, -0.25) is 4.79 Å². The first-order valence-electron chi connectivity index (χ1n) is 18.1. The highest BCUT2D eigenvalue weighted by Gasteiger charge is 2.51. The second-order valence-corrected chi connectivity index (χ2v) is 13.3. The van der Waals surface area contributed by atoms with E-state index in [0.29, 0.717) is 17.6 Å². The molecule has 0 bridgehead atoms. The van der Waals surface area contributed by atoms with Crippen molar-refractivity contribution in [3.8, 4) is 11.5 Å². The Morgan fingerprint density at radius 1 is 0.648 bits per heavy atom. The number of Topliss-reactive ketones (excluding diaryl/α,β-unsaturated/α-hetero) is 1. The molecule has 0 amide bonds. The highest BCUT2D eigenvalue weighted by molar-refractivity contribution is 6.07. The van der Waals surface area contributed by atoms with Gasteiger partial charge in [0.05, 0.1) is 57.4 Å². The van der Waals surface area contributed by atoms with Gasteiger partial charge in [0.1, 0.15) is 53.2 Å². The predicted octanol–water partition coefficient (Wildman–Crippen LogP) is 8.76. The summed E-state index contributed by atoms with van der Waals surface area (Å²) in [4.78, 5) is 13.2. The summed E-state index contributed by atoms with van der Waals surface area (Å²) in [7, 11) is 1.46. The quantitative estimate of drug-likeness (QED) is 0.0980. The average molecular weight is 729 g/mol. The number of hydrogen-bond donors (Lipinski definition) is 1. The van der Waals surface area contributed by atoms with Crippen molar-refractivity contribution in [2.45, 2.75) is 63.9 Å². The van der Waals surface area contributed by atoms with Crippen molar-refractivity contribution in [2.24, 2.45) is 0 Å². The minimum atomic E-state index is -1.01. The number of hydrogen-bond acceptors (Lipinski definition) is 9. The average Bonchev–Trinajstić information content (AvgIpc) is 3.69. The fourth-order valence-corrected chi connectivity index (χ4v) is 7.01. The minimum Gasteiger partial charge on any atom is -0.507 e. The van der Waals surface area contributed by atoms with Crippen LogP contribution in [0.15, 0.2) is 138 Å². The zero-order chi connectivity index (χ0) is 37.3. The smallest absolute Gasteiger partial charge is 0.167 e. The van der Waals surface area contributed by atoms with Crippen LogP contribution in [0.3, 0.4) is 0 Å². The van der Waals surface area contributed by atoms with Crippen LogP contribution in [0.5, 0.6) is 11.5 Å². The Bertz CT molecular complexity index is 2080. The molecule has 9 nitrogen and oxygen atoms in total. The van der Waals surface area contributed by atoms with E-state index in [-0.39, 0.29) is 54.8 Å². The van der Waals surface area contributed by atoms with E-state index in [1.165, 1.54) is 20.3 Å². The normalized spacial score (nSPS) is 19.9. The molecule has 0 unspecified atom stereocenters. The third kappa shape index (κ3) is 8.41. The van der Waals surface area contributed by atoms with Gasteiger partial charge >= 0.3 is 0 Å². The Morgan fingerprint density at radius 2 is 1.13 bits per heavy atom. The number of aromatic hydroxyl groups is 1. The Balaban J connectivity index is 1.35. The number of benzene rings is 5. The third-order valence-corrected chi connectivity index (χ3v) is 9.60. The van der Waals surface area contributed by atoms with Gasteiger partial charge in [0.25, 0.3) is 0 Å². The van der Waals surface area contributed by atoms with Crippen molar-refractivity contribution in [2.75, 3.05) is 13.7 Å². The van der Waals surface area contributed by atoms with Gasteiger partial charge in [-0.1, -0.05) is 121 Å². The summed E-state index contributed by atoms with van der Waals surface area (Å²) in [5.41, 5.74) is 4.45. The van der Waals surface area contributed by atoms with E-state index in [2.05, 4.69) is 0 Å². The van der Waals surface area contributed by atoms with Crippen LogP contribution in [0.4, 0.5) is 0 Å². The zero-order valence-electron chi connectivity index (χ0n) is 30.3. The van der Waals surface area contributed by atoms with Crippen LogP contribution in [-0.4, -0.2) is 49.0 Å². The Labute approximate surface area is 315 Å². The molecule has 0 spiro atoms. The molecule has 0 radical (unpaired) electrons. The van der Waals surface area contributed by atoms with E-state index in [4.69, 9.17) is 32.8 Å². The lowest BCUT2D eigenvalue weighted by molar-refractivity contribution is -0.275. The molecule has 1 aliphatic rings. The van der Waals surface area contributed by atoms with E-state index in [9.17, 15) is 9.90 Å². The van der Waals surface area contributed by atoms with Crippen molar-refractivity contribution in [3.05, 3.63) is 167 Å². The molecule has 5 atom stereocenters. The van der Waals surface area contributed by atoms with Gasteiger partial charge in [-0.05, 0) is 35.2 Å². The number of furan rings is 1.